The van der Waals surface area contributed by atoms with E-state index in [1.807, 2.05) is 0 Å². The van der Waals surface area contributed by atoms with Gasteiger partial charge in [0, 0.05) is 12.7 Å². The van der Waals surface area contributed by atoms with Gasteiger partial charge >= 0.3 is 11.8 Å². The molecule has 0 aromatic heterocycles. The number of methoxy groups -OCH3 is 1. The first-order valence-electron chi connectivity index (χ1n) is 4.45. The summed E-state index contributed by atoms with van der Waals surface area (Å²) in [6.45, 7) is 0. The summed E-state index contributed by atoms with van der Waals surface area (Å²) in [5, 5.41) is 4.97. The van der Waals surface area contributed by atoms with Crippen LogP contribution in [0.4, 0.5) is 5.69 Å². The molecule has 16 heavy (non-hydrogen) atoms. The third-order valence-electron chi connectivity index (χ3n) is 1.84. The third-order valence-corrected chi connectivity index (χ3v) is 2.14. The zero-order valence-electron chi connectivity index (χ0n) is 8.83. The standard InChI is InChI=1S/C10H11ClN2O3/c1-12-9(14)10(15)13-6-3-4-8(16-2)7(11)5-6/h3-5H,1-2H3,(H,12,14)(H,13,15). The first-order valence-corrected chi connectivity index (χ1v) is 4.83. The molecule has 0 unspecified atom stereocenters. The van der Waals surface area contributed by atoms with E-state index in [4.69, 9.17) is 16.3 Å². The number of ether oxygens (including phenoxy) is 1. The zero-order chi connectivity index (χ0) is 12.1. The number of carbonyl (C=O) groups excluding carboxylic acids is 2. The number of benzene rings is 1. The van der Waals surface area contributed by atoms with Gasteiger partial charge < -0.3 is 15.4 Å². The van der Waals surface area contributed by atoms with Crippen LogP contribution in [-0.4, -0.2) is 26.0 Å². The van der Waals surface area contributed by atoms with Crippen molar-refractivity contribution in [1.29, 1.82) is 0 Å². The van der Waals surface area contributed by atoms with Crippen molar-refractivity contribution in [2.75, 3.05) is 19.5 Å². The van der Waals surface area contributed by atoms with Crippen LogP contribution in [0.2, 0.25) is 5.02 Å². The van der Waals surface area contributed by atoms with Crippen molar-refractivity contribution in [3.63, 3.8) is 0 Å². The fraction of sp³-hybridized carbons (Fsp3) is 0.200. The number of nitrogens with one attached hydrogen (secondary N) is 2. The highest BCUT2D eigenvalue weighted by Crippen LogP contribution is 2.26. The van der Waals surface area contributed by atoms with E-state index in [1.54, 1.807) is 12.1 Å². The van der Waals surface area contributed by atoms with Gasteiger partial charge in [0.15, 0.2) is 0 Å². The first-order chi connectivity index (χ1) is 7.58. The van der Waals surface area contributed by atoms with Gasteiger partial charge in [-0.25, -0.2) is 0 Å². The van der Waals surface area contributed by atoms with Crippen LogP contribution < -0.4 is 15.4 Å². The quantitative estimate of drug-likeness (QED) is 0.762. The lowest BCUT2D eigenvalue weighted by Gasteiger charge is -2.07. The van der Waals surface area contributed by atoms with Crippen molar-refractivity contribution in [2.24, 2.45) is 0 Å². The second-order valence-electron chi connectivity index (χ2n) is 2.88. The molecule has 0 aliphatic rings. The Balaban J connectivity index is 2.79. The Morgan fingerprint density at radius 2 is 2.00 bits per heavy atom. The average Bonchev–Trinajstić information content (AvgIpc) is 2.28. The highest BCUT2D eigenvalue weighted by molar-refractivity contribution is 6.39. The lowest BCUT2D eigenvalue weighted by Crippen LogP contribution is -2.32. The largest absolute Gasteiger partial charge is 0.495 e. The smallest absolute Gasteiger partial charge is 0.313 e. The maximum Gasteiger partial charge on any atom is 0.313 e. The minimum atomic E-state index is -0.747. The predicted octanol–water partition coefficient (Wildman–Crippen LogP) is 1.03. The summed E-state index contributed by atoms with van der Waals surface area (Å²) in [6.07, 6.45) is 0. The molecule has 5 nitrogen and oxygen atoms in total. The second-order valence-corrected chi connectivity index (χ2v) is 3.29. The topological polar surface area (TPSA) is 67.4 Å². The molecule has 0 aliphatic heterocycles. The summed E-state index contributed by atoms with van der Waals surface area (Å²) in [6, 6.07) is 4.69. The van der Waals surface area contributed by atoms with Crippen molar-refractivity contribution in [2.45, 2.75) is 0 Å². The van der Waals surface area contributed by atoms with Crippen LogP contribution in [0.5, 0.6) is 5.75 Å². The predicted molar refractivity (Wildman–Crippen MR) is 60.7 cm³/mol. The number of halogens is 1. The Labute approximate surface area is 97.7 Å². The monoisotopic (exact) mass is 242 g/mol. The molecule has 0 radical (unpaired) electrons. The second kappa shape index (κ2) is 5.37. The molecule has 0 saturated heterocycles. The lowest BCUT2D eigenvalue weighted by atomic mass is 10.3. The van der Waals surface area contributed by atoms with E-state index in [2.05, 4.69) is 10.6 Å². The van der Waals surface area contributed by atoms with E-state index < -0.39 is 11.8 Å². The van der Waals surface area contributed by atoms with Crippen molar-refractivity contribution >= 4 is 29.1 Å². The molecule has 2 N–H and O–H groups in total. The number of hydrogen-bond acceptors (Lipinski definition) is 3. The molecular weight excluding hydrogens is 232 g/mol. The van der Waals surface area contributed by atoms with Crippen LogP contribution in [-0.2, 0) is 9.59 Å². The Hall–Kier alpha value is -1.75. The number of likely N-dealkylation sites (N-methyl/N-ethyl adjacent to an activating group) is 1. The number of hydrogen-bond donors (Lipinski definition) is 2. The number of anilines is 1. The maximum atomic E-state index is 11.2. The third kappa shape index (κ3) is 2.87. The fourth-order valence-corrected chi connectivity index (χ4v) is 1.30. The van der Waals surface area contributed by atoms with Gasteiger partial charge in [-0.1, -0.05) is 11.6 Å². The van der Waals surface area contributed by atoms with Crippen LogP contribution in [0.15, 0.2) is 18.2 Å². The van der Waals surface area contributed by atoms with E-state index in [9.17, 15) is 9.59 Å². The Kier molecular flexibility index (Phi) is 4.13. The summed E-state index contributed by atoms with van der Waals surface area (Å²) in [7, 11) is 2.87. The minimum absolute atomic E-state index is 0.359. The fourth-order valence-electron chi connectivity index (χ4n) is 1.05. The first kappa shape index (κ1) is 12.3. The van der Waals surface area contributed by atoms with Gasteiger partial charge in [-0.2, -0.15) is 0 Å². The molecule has 0 bridgehead atoms. The molecule has 1 aromatic carbocycles. The highest BCUT2D eigenvalue weighted by Gasteiger charge is 2.12. The van der Waals surface area contributed by atoms with Gasteiger partial charge in [0.1, 0.15) is 5.75 Å². The van der Waals surface area contributed by atoms with Crippen LogP contribution >= 0.6 is 11.6 Å². The van der Waals surface area contributed by atoms with Crippen molar-refractivity contribution < 1.29 is 14.3 Å². The van der Waals surface area contributed by atoms with Gasteiger partial charge in [0.25, 0.3) is 0 Å². The molecule has 2 amide bonds. The van der Waals surface area contributed by atoms with Gasteiger partial charge in [-0.05, 0) is 18.2 Å². The Bertz CT molecular complexity index is 421. The van der Waals surface area contributed by atoms with Gasteiger partial charge in [-0.3, -0.25) is 9.59 Å². The summed E-state index contributed by atoms with van der Waals surface area (Å²) < 4.78 is 4.95. The van der Waals surface area contributed by atoms with Crippen LogP contribution in [0, 0.1) is 0 Å². The molecule has 6 heteroatoms. The van der Waals surface area contributed by atoms with Crippen LogP contribution in [0.25, 0.3) is 0 Å². The van der Waals surface area contributed by atoms with E-state index in [-0.39, 0.29) is 0 Å². The van der Waals surface area contributed by atoms with Crippen molar-refractivity contribution in [1.82, 2.24) is 5.32 Å². The molecule has 0 heterocycles. The summed E-state index contributed by atoms with van der Waals surface area (Å²) >= 11 is 5.85. The van der Waals surface area contributed by atoms with Gasteiger partial charge in [0.2, 0.25) is 0 Å². The molecular formula is C10H11ClN2O3. The normalized spacial score (nSPS) is 9.44. The van der Waals surface area contributed by atoms with E-state index in [1.165, 1.54) is 20.2 Å². The Morgan fingerprint density at radius 3 is 2.50 bits per heavy atom. The SMILES string of the molecule is CNC(=O)C(=O)Nc1ccc(OC)c(Cl)c1. The molecule has 0 atom stereocenters. The molecule has 0 spiro atoms. The summed E-state index contributed by atoms with van der Waals surface area (Å²) in [4.78, 5) is 22.2. The maximum absolute atomic E-state index is 11.2. The zero-order valence-corrected chi connectivity index (χ0v) is 9.59. The number of carbonyl (C=O) groups is 2. The number of rotatable bonds is 2. The van der Waals surface area contributed by atoms with E-state index >= 15 is 0 Å². The van der Waals surface area contributed by atoms with E-state index in [0.717, 1.165) is 0 Å². The minimum Gasteiger partial charge on any atom is -0.495 e. The molecule has 1 rings (SSSR count). The number of amides is 2. The molecule has 0 fully saturated rings. The van der Waals surface area contributed by atoms with Crippen LogP contribution in [0.1, 0.15) is 0 Å². The van der Waals surface area contributed by atoms with Gasteiger partial charge in [0.05, 0.1) is 12.1 Å². The summed E-state index contributed by atoms with van der Waals surface area (Å²) in [5.41, 5.74) is 0.430. The van der Waals surface area contributed by atoms with Crippen molar-refractivity contribution in [3.8, 4) is 5.75 Å². The van der Waals surface area contributed by atoms with E-state index in [0.29, 0.717) is 16.5 Å². The average molecular weight is 243 g/mol. The molecule has 86 valence electrons. The van der Waals surface area contributed by atoms with Crippen LogP contribution in [0.3, 0.4) is 0 Å². The highest BCUT2D eigenvalue weighted by atomic mass is 35.5. The van der Waals surface area contributed by atoms with Gasteiger partial charge in [-0.15, -0.1) is 0 Å². The summed E-state index contributed by atoms with van der Waals surface area (Å²) in [5.74, 6) is -0.963. The lowest BCUT2D eigenvalue weighted by molar-refractivity contribution is -0.135. The molecule has 0 saturated carbocycles. The molecule has 1 aromatic rings. The van der Waals surface area contributed by atoms with Crippen molar-refractivity contribution in [3.05, 3.63) is 23.2 Å². The molecule has 0 aliphatic carbocycles. The Morgan fingerprint density at radius 1 is 1.31 bits per heavy atom.